The van der Waals surface area contributed by atoms with E-state index in [1.165, 1.54) is 4.90 Å². The first-order chi connectivity index (χ1) is 10.3. The summed E-state index contributed by atoms with van der Waals surface area (Å²) in [6.07, 6.45) is 4.00. The second-order valence-corrected chi connectivity index (χ2v) is 7.26. The molecule has 0 radical (unpaired) electrons. The molecule has 0 unspecified atom stereocenters. The van der Waals surface area contributed by atoms with Crippen molar-refractivity contribution >= 4 is 46.3 Å². The molecule has 0 aliphatic carbocycles. The molecule has 0 spiro atoms. The highest BCUT2D eigenvalue weighted by molar-refractivity contribution is 8.26. The third-order valence-electron chi connectivity index (χ3n) is 3.38. The van der Waals surface area contributed by atoms with Crippen LogP contribution in [-0.2, 0) is 16.6 Å². The maximum Gasteiger partial charge on any atom is 0.326 e. The normalized spacial score (nSPS) is 18.5. The van der Waals surface area contributed by atoms with Crippen molar-refractivity contribution in [2.45, 2.75) is 26.3 Å². The Bertz CT molecular complexity index is 649. The summed E-state index contributed by atoms with van der Waals surface area (Å²) in [5.74, 6) is -1.20. The number of aromatic nitrogens is 1. The van der Waals surface area contributed by atoms with Gasteiger partial charge in [0.05, 0.1) is 4.91 Å². The molecule has 0 aromatic carbocycles. The Morgan fingerprint density at radius 3 is 2.68 bits per heavy atom. The number of aliphatic carboxylic acids is 1. The molecule has 2 rings (SSSR count). The second-order valence-electron chi connectivity index (χ2n) is 5.58. The lowest BCUT2D eigenvalue weighted by Crippen LogP contribution is -2.44. The molecule has 1 aliphatic heterocycles. The molecule has 1 aromatic heterocycles. The Hall–Kier alpha value is -1.60. The van der Waals surface area contributed by atoms with E-state index in [1.54, 1.807) is 6.08 Å². The minimum absolute atomic E-state index is 0.155. The number of carbonyl (C=O) groups is 2. The van der Waals surface area contributed by atoms with Gasteiger partial charge < -0.3 is 9.67 Å². The van der Waals surface area contributed by atoms with Crippen LogP contribution in [0.5, 0.6) is 0 Å². The van der Waals surface area contributed by atoms with Crippen LogP contribution in [-0.4, -0.2) is 36.8 Å². The molecule has 1 amide bonds. The minimum atomic E-state index is -1.02. The van der Waals surface area contributed by atoms with Gasteiger partial charge in [0.1, 0.15) is 10.4 Å². The molecule has 118 valence electrons. The SMILES string of the molecule is CC(C)C[C@@H](C(=O)O)N1C(=O)/C(=C\c2cccn2C)SC1=S. The fourth-order valence-electron chi connectivity index (χ4n) is 2.27. The van der Waals surface area contributed by atoms with Gasteiger partial charge in [0, 0.05) is 18.9 Å². The Kier molecular flexibility index (Phi) is 5.08. The molecule has 5 nitrogen and oxygen atoms in total. The molecule has 22 heavy (non-hydrogen) atoms. The van der Waals surface area contributed by atoms with Gasteiger partial charge in [-0.3, -0.25) is 9.69 Å². The number of carboxylic acids is 1. The Labute approximate surface area is 139 Å². The first kappa shape index (κ1) is 16.8. The van der Waals surface area contributed by atoms with Crippen LogP contribution in [0, 0.1) is 5.92 Å². The van der Waals surface area contributed by atoms with Crippen molar-refractivity contribution in [2.75, 3.05) is 0 Å². The molecule has 1 fully saturated rings. The molecule has 1 aromatic rings. The van der Waals surface area contributed by atoms with E-state index >= 15 is 0 Å². The van der Waals surface area contributed by atoms with Crippen molar-refractivity contribution in [2.24, 2.45) is 13.0 Å². The van der Waals surface area contributed by atoms with Crippen LogP contribution < -0.4 is 0 Å². The Morgan fingerprint density at radius 2 is 2.18 bits per heavy atom. The topological polar surface area (TPSA) is 62.5 Å². The number of hydrogen-bond donors (Lipinski definition) is 1. The number of amides is 1. The minimum Gasteiger partial charge on any atom is -0.480 e. The summed E-state index contributed by atoms with van der Waals surface area (Å²) in [5, 5.41) is 9.42. The monoisotopic (exact) mass is 338 g/mol. The smallest absolute Gasteiger partial charge is 0.326 e. The largest absolute Gasteiger partial charge is 0.480 e. The fourth-order valence-corrected chi connectivity index (χ4v) is 3.61. The van der Waals surface area contributed by atoms with E-state index in [1.807, 2.05) is 43.8 Å². The van der Waals surface area contributed by atoms with Crippen LogP contribution in [0.3, 0.4) is 0 Å². The maximum absolute atomic E-state index is 12.6. The zero-order chi connectivity index (χ0) is 16.4. The average Bonchev–Trinajstić information content (AvgIpc) is 2.93. The van der Waals surface area contributed by atoms with Crippen LogP contribution in [0.1, 0.15) is 26.0 Å². The number of rotatable bonds is 5. The highest BCUT2D eigenvalue weighted by atomic mass is 32.2. The van der Waals surface area contributed by atoms with E-state index in [4.69, 9.17) is 12.2 Å². The van der Waals surface area contributed by atoms with E-state index in [0.29, 0.717) is 15.6 Å². The van der Waals surface area contributed by atoms with Crippen molar-refractivity contribution in [3.05, 3.63) is 28.9 Å². The molecular weight excluding hydrogens is 320 g/mol. The van der Waals surface area contributed by atoms with Gasteiger partial charge in [-0.1, -0.05) is 37.8 Å². The summed E-state index contributed by atoms with van der Waals surface area (Å²) >= 11 is 6.38. The third-order valence-corrected chi connectivity index (χ3v) is 4.71. The van der Waals surface area contributed by atoms with Crippen molar-refractivity contribution in [3.8, 4) is 0 Å². The number of hydrogen-bond acceptors (Lipinski definition) is 4. The molecule has 1 N–H and O–H groups in total. The number of thiocarbonyl (C=S) groups is 1. The van der Waals surface area contributed by atoms with E-state index in [9.17, 15) is 14.7 Å². The van der Waals surface area contributed by atoms with Gasteiger partial charge in [-0.25, -0.2) is 4.79 Å². The van der Waals surface area contributed by atoms with Gasteiger partial charge >= 0.3 is 5.97 Å². The predicted octanol–water partition coefficient (Wildman–Crippen LogP) is 2.73. The van der Waals surface area contributed by atoms with Crippen molar-refractivity contribution < 1.29 is 14.7 Å². The van der Waals surface area contributed by atoms with E-state index in [0.717, 1.165) is 17.5 Å². The second kappa shape index (κ2) is 6.66. The van der Waals surface area contributed by atoms with Gasteiger partial charge in [-0.05, 0) is 30.5 Å². The Morgan fingerprint density at radius 1 is 1.50 bits per heavy atom. The Balaban J connectivity index is 2.30. The molecule has 0 saturated carbocycles. The first-order valence-electron chi connectivity index (χ1n) is 6.92. The van der Waals surface area contributed by atoms with Crippen molar-refractivity contribution in [3.63, 3.8) is 0 Å². The summed E-state index contributed by atoms with van der Waals surface area (Å²) in [5.41, 5.74) is 0.872. The standard InChI is InChI=1S/C15H18N2O3S2/c1-9(2)7-11(14(19)20)17-13(18)12(22-15(17)21)8-10-5-4-6-16(10)3/h4-6,8-9,11H,7H2,1-3H3,(H,19,20)/b12-8+/t11-/m0/s1. The van der Waals surface area contributed by atoms with Crippen LogP contribution in [0.4, 0.5) is 0 Å². The highest BCUT2D eigenvalue weighted by Crippen LogP contribution is 2.35. The van der Waals surface area contributed by atoms with E-state index in [2.05, 4.69) is 0 Å². The summed E-state index contributed by atoms with van der Waals surface area (Å²) in [7, 11) is 1.88. The zero-order valence-corrected chi connectivity index (χ0v) is 14.3. The molecule has 0 bridgehead atoms. The molecule has 1 saturated heterocycles. The number of thioether (sulfide) groups is 1. The lowest BCUT2D eigenvalue weighted by atomic mass is 10.0. The van der Waals surface area contributed by atoms with Gasteiger partial charge in [0.25, 0.3) is 5.91 Å². The van der Waals surface area contributed by atoms with Crippen molar-refractivity contribution in [1.29, 1.82) is 0 Å². The van der Waals surface area contributed by atoms with Crippen LogP contribution >= 0.6 is 24.0 Å². The number of carboxylic acid groups (broad SMARTS) is 1. The average molecular weight is 338 g/mol. The van der Waals surface area contributed by atoms with Crippen molar-refractivity contribution in [1.82, 2.24) is 9.47 Å². The zero-order valence-electron chi connectivity index (χ0n) is 12.6. The van der Waals surface area contributed by atoms with Gasteiger partial charge in [-0.15, -0.1) is 0 Å². The fraction of sp³-hybridized carbons (Fsp3) is 0.400. The maximum atomic E-state index is 12.6. The summed E-state index contributed by atoms with van der Waals surface area (Å²) in [6, 6.07) is 2.85. The first-order valence-corrected chi connectivity index (χ1v) is 8.15. The predicted molar refractivity (Wildman–Crippen MR) is 91.3 cm³/mol. The van der Waals surface area contributed by atoms with Gasteiger partial charge in [0.15, 0.2) is 0 Å². The molecule has 1 aliphatic rings. The number of nitrogens with zero attached hydrogens (tertiary/aromatic N) is 2. The van der Waals surface area contributed by atoms with E-state index in [-0.39, 0.29) is 11.8 Å². The van der Waals surface area contributed by atoms with E-state index < -0.39 is 12.0 Å². The van der Waals surface area contributed by atoms with Gasteiger partial charge in [0.2, 0.25) is 0 Å². The molecular formula is C15H18N2O3S2. The molecule has 1 atom stereocenters. The third kappa shape index (κ3) is 3.41. The summed E-state index contributed by atoms with van der Waals surface area (Å²) < 4.78 is 2.19. The number of aryl methyl sites for hydroxylation is 1. The van der Waals surface area contributed by atoms with Crippen LogP contribution in [0.15, 0.2) is 23.2 Å². The summed E-state index contributed by atoms with van der Waals surface area (Å²) in [4.78, 5) is 25.8. The number of carbonyl (C=O) groups excluding carboxylic acids is 1. The molecule has 2 heterocycles. The van der Waals surface area contributed by atoms with Crippen LogP contribution in [0.2, 0.25) is 0 Å². The van der Waals surface area contributed by atoms with Crippen LogP contribution in [0.25, 0.3) is 6.08 Å². The summed E-state index contributed by atoms with van der Waals surface area (Å²) in [6.45, 7) is 3.85. The lowest BCUT2D eigenvalue weighted by Gasteiger charge is -2.24. The van der Waals surface area contributed by atoms with Gasteiger partial charge in [-0.2, -0.15) is 0 Å². The quantitative estimate of drug-likeness (QED) is 0.661. The molecule has 7 heteroatoms. The lowest BCUT2D eigenvalue weighted by molar-refractivity contribution is -0.145. The highest BCUT2D eigenvalue weighted by Gasteiger charge is 2.40.